The number of carbonyl (C=O) groups is 1. The van der Waals surface area contributed by atoms with Crippen LogP contribution in [0.3, 0.4) is 0 Å². The van der Waals surface area contributed by atoms with Crippen molar-refractivity contribution >= 4 is 15.7 Å². The molecule has 2 aliphatic rings. The van der Waals surface area contributed by atoms with Gasteiger partial charge in [0.05, 0.1) is 11.5 Å². The van der Waals surface area contributed by atoms with E-state index in [0.29, 0.717) is 26.1 Å². The van der Waals surface area contributed by atoms with E-state index in [9.17, 15) is 13.2 Å². The topological polar surface area (TPSA) is 81.7 Å². The first kappa shape index (κ1) is 18.0. The molecule has 2 heterocycles. The lowest BCUT2D eigenvalue weighted by atomic mass is 9.85. The van der Waals surface area contributed by atoms with Crippen molar-refractivity contribution in [2.45, 2.75) is 38.6 Å². The van der Waals surface area contributed by atoms with E-state index in [1.54, 1.807) is 0 Å². The molecule has 3 rings (SSSR count). The van der Waals surface area contributed by atoms with Gasteiger partial charge in [-0.05, 0) is 36.0 Å². The average molecular weight is 367 g/mol. The Morgan fingerprint density at radius 2 is 1.96 bits per heavy atom. The number of carbonyl (C=O) groups excluding carboxylic acids is 1. The molecule has 1 amide bonds. The maximum absolute atomic E-state index is 12.4. The van der Waals surface area contributed by atoms with Gasteiger partial charge in [0.1, 0.15) is 13.2 Å². The Morgan fingerprint density at radius 1 is 1.24 bits per heavy atom. The highest BCUT2D eigenvalue weighted by molar-refractivity contribution is 7.91. The fraction of sp³-hybridized carbons (Fsp3) is 0.611. The molecule has 0 radical (unpaired) electrons. The van der Waals surface area contributed by atoms with E-state index >= 15 is 0 Å². The third-order valence-electron chi connectivity index (χ3n) is 4.80. The Labute approximate surface area is 148 Å². The summed E-state index contributed by atoms with van der Waals surface area (Å²) >= 11 is 0. The summed E-state index contributed by atoms with van der Waals surface area (Å²) in [4.78, 5) is 12.4. The second-order valence-corrected chi connectivity index (χ2v) is 9.35. The largest absolute Gasteiger partial charge is 0.486 e. The maximum atomic E-state index is 12.4. The SMILES string of the molecule is CC(C)C(CC(=O)NC1CCS(=O)(=O)C1)c1ccc2c(c1)OCCO2. The van der Waals surface area contributed by atoms with E-state index in [1.807, 2.05) is 18.2 Å². The van der Waals surface area contributed by atoms with Gasteiger partial charge in [-0.3, -0.25) is 4.79 Å². The number of fused-ring (bicyclic) bond motifs is 1. The zero-order valence-electron chi connectivity index (χ0n) is 14.7. The van der Waals surface area contributed by atoms with Gasteiger partial charge in [0.15, 0.2) is 21.3 Å². The lowest BCUT2D eigenvalue weighted by Crippen LogP contribution is -2.36. The lowest BCUT2D eigenvalue weighted by molar-refractivity contribution is -0.122. The van der Waals surface area contributed by atoms with Crippen molar-refractivity contribution < 1.29 is 22.7 Å². The van der Waals surface area contributed by atoms with Crippen LogP contribution in [0.4, 0.5) is 0 Å². The van der Waals surface area contributed by atoms with Crippen LogP contribution in [-0.4, -0.2) is 45.1 Å². The van der Waals surface area contributed by atoms with E-state index in [2.05, 4.69) is 19.2 Å². The van der Waals surface area contributed by atoms with Crippen molar-refractivity contribution in [2.24, 2.45) is 5.92 Å². The van der Waals surface area contributed by atoms with Crippen LogP contribution < -0.4 is 14.8 Å². The molecule has 138 valence electrons. The summed E-state index contributed by atoms with van der Waals surface area (Å²) in [6, 6.07) is 5.56. The molecule has 0 spiro atoms. The van der Waals surface area contributed by atoms with Crippen molar-refractivity contribution in [3.63, 3.8) is 0 Å². The first-order valence-corrected chi connectivity index (χ1v) is 10.6. The number of amides is 1. The Kier molecular flexibility index (Phi) is 5.22. The summed E-state index contributed by atoms with van der Waals surface area (Å²) in [6.45, 7) is 5.23. The highest BCUT2D eigenvalue weighted by Crippen LogP contribution is 2.36. The van der Waals surface area contributed by atoms with Crippen molar-refractivity contribution in [3.8, 4) is 11.5 Å². The number of nitrogens with one attached hydrogen (secondary N) is 1. The van der Waals surface area contributed by atoms with Gasteiger partial charge in [-0.15, -0.1) is 0 Å². The van der Waals surface area contributed by atoms with Crippen LogP contribution in [0.2, 0.25) is 0 Å². The fourth-order valence-corrected chi connectivity index (χ4v) is 5.10. The summed E-state index contributed by atoms with van der Waals surface area (Å²) in [5, 5.41) is 2.88. The van der Waals surface area contributed by atoms with Crippen molar-refractivity contribution in [1.29, 1.82) is 0 Å². The van der Waals surface area contributed by atoms with Crippen LogP contribution in [-0.2, 0) is 14.6 Å². The highest BCUT2D eigenvalue weighted by atomic mass is 32.2. The van der Waals surface area contributed by atoms with Crippen molar-refractivity contribution in [2.75, 3.05) is 24.7 Å². The molecular formula is C18H25NO5S. The maximum Gasteiger partial charge on any atom is 0.220 e. The third-order valence-corrected chi connectivity index (χ3v) is 6.57. The predicted molar refractivity (Wildman–Crippen MR) is 94.8 cm³/mol. The van der Waals surface area contributed by atoms with Gasteiger partial charge in [0, 0.05) is 12.5 Å². The summed E-state index contributed by atoms with van der Waals surface area (Å²) in [7, 11) is -2.99. The Balaban J connectivity index is 1.68. The molecule has 25 heavy (non-hydrogen) atoms. The van der Waals surface area contributed by atoms with Gasteiger partial charge >= 0.3 is 0 Å². The van der Waals surface area contributed by atoms with Gasteiger partial charge in [0.25, 0.3) is 0 Å². The van der Waals surface area contributed by atoms with Crippen LogP contribution in [0.25, 0.3) is 0 Å². The van der Waals surface area contributed by atoms with Crippen LogP contribution in [0.1, 0.15) is 38.2 Å². The smallest absolute Gasteiger partial charge is 0.220 e. The second-order valence-electron chi connectivity index (χ2n) is 7.13. The first-order chi connectivity index (χ1) is 11.8. The summed E-state index contributed by atoms with van der Waals surface area (Å²) in [6.07, 6.45) is 0.832. The number of hydrogen-bond donors (Lipinski definition) is 1. The molecule has 0 aromatic heterocycles. The van der Waals surface area contributed by atoms with Crippen molar-refractivity contribution in [1.82, 2.24) is 5.32 Å². The minimum absolute atomic E-state index is 0.0360. The van der Waals surface area contributed by atoms with E-state index in [4.69, 9.17) is 9.47 Å². The van der Waals surface area contributed by atoms with Crippen LogP contribution in [0.5, 0.6) is 11.5 Å². The highest BCUT2D eigenvalue weighted by Gasteiger charge is 2.30. The van der Waals surface area contributed by atoms with Gasteiger partial charge < -0.3 is 14.8 Å². The molecule has 2 aliphatic heterocycles. The zero-order valence-corrected chi connectivity index (χ0v) is 15.5. The molecule has 1 fully saturated rings. The van der Waals surface area contributed by atoms with Crippen molar-refractivity contribution in [3.05, 3.63) is 23.8 Å². The first-order valence-electron chi connectivity index (χ1n) is 8.73. The quantitative estimate of drug-likeness (QED) is 0.859. The van der Waals surface area contributed by atoms with Gasteiger partial charge in [-0.1, -0.05) is 19.9 Å². The molecule has 0 aliphatic carbocycles. The molecule has 0 saturated carbocycles. The summed E-state index contributed by atoms with van der Waals surface area (Å²) < 4.78 is 34.3. The number of rotatable bonds is 5. The minimum atomic E-state index is -2.99. The lowest BCUT2D eigenvalue weighted by Gasteiger charge is -2.24. The Morgan fingerprint density at radius 3 is 2.60 bits per heavy atom. The molecule has 1 aromatic rings. The van der Waals surface area contributed by atoms with E-state index in [0.717, 1.165) is 17.1 Å². The molecule has 1 saturated heterocycles. The fourth-order valence-electron chi connectivity index (χ4n) is 3.42. The molecule has 7 heteroatoms. The van der Waals surface area contributed by atoms with E-state index in [1.165, 1.54) is 0 Å². The zero-order chi connectivity index (χ0) is 18.0. The van der Waals surface area contributed by atoms with Gasteiger partial charge in [-0.2, -0.15) is 0 Å². The molecule has 1 N–H and O–H groups in total. The minimum Gasteiger partial charge on any atom is -0.486 e. The number of benzene rings is 1. The van der Waals surface area contributed by atoms with Crippen LogP contribution in [0.15, 0.2) is 18.2 Å². The number of sulfone groups is 1. The number of ether oxygens (including phenoxy) is 2. The molecule has 2 unspecified atom stereocenters. The van der Waals surface area contributed by atoms with Gasteiger partial charge in [0.2, 0.25) is 5.91 Å². The Hall–Kier alpha value is -1.76. The molecule has 0 bridgehead atoms. The van der Waals surface area contributed by atoms with E-state index < -0.39 is 9.84 Å². The summed E-state index contributed by atoms with van der Waals surface area (Å²) in [5.41, 5.74) is 1.04. The summed E-state index contributed by atoms with van der Waals surface area (Å²) in [5.74, 6) is 1.86. The average Bonchev–Trinajstić information content (AvgIpc) is 2.90. The van der Waals surface area contributed by atoms with E-state index in [-0.39, 0.29) is 35.3 Å². The van der Waals surface area contributed by atoms with Crippen LogP contribution in [0, 0.1) is 5.92 Å². The van der Waals surface area contributed by atoms with Gasteiger partial charge in [-0.25, -0.2) is 8.42 Å². The molecule has 2 atom stereocenters. The predicted octanol–water partition coefficient (Wildman–Crippen LogP) is 1.89. The molecule has 6 nitrogen and oxygen atoms in total. The Bertz CT molecular complexity index is 744. The second kappa shape index (κ2) is 7.23. The molecule has 1 aromatic carbocycles. The normalized spacial score (nSPS) is 22.6. The monoisotopic (exact) mass is 367 g/mol. The molecular weight excluding hydrogens is 342 g/mol. The number of hydrogen-bond acceptors (Lipinski definition) is 5. The third kappa shape index (κ3) is 4.45. The standard InChI is InChI=1S/C18H25NO5S/c1-12(2)15(10-18(20)19-14-5-8-25(21,22)11-14)13-3-4-16-17(9-13)24-7-6-23-16/h3-4,9,12,14-15H,5-8,10-11H2,1-2H3,(H,19,20). The van der Waals surface area contributed by atoms with Crippen LogP contribution >= 0.6 is 0 Å².